The molecule has 92 valence electrons. The molecular formula is C14H20N2O. The van der Waals surface area contributed by atoms with Crippen LogP contribution in [0, 0.1) is 0 Å². The Morgan fingerprint density at radius 1 is 1.24 bits per heavy atom. The number of carbonyl (C=O) groups excluding carboxylic acids is 1. The fraction of sp³-hybridized carbons (Fsp3) is 0.500. The largest absolute Gasteiger partial charge is 0.294 e. The van der Waals surface area contributed by atoms with E-state index in [1.807, 2.05) is 0 Å². The molecule has 0 aliphatic heterocycles. The molecule has 1 amide bonds. The van der Waals surface area contributed by atoms with Crippen molar-refractivity contribution in [3.05, 3.63) is 34.9 Å². The standard InChI is InChI=1S/C14H20N2O/c15-16-14(17)7-2-1-4-11-8-9-12-5-3-6-13(12)10-11/h8-10H,1-7,15H2,(H,16,17). The van der Waals surface area contributed by atoms with Gasteiger partial charge in [0.1, 0.15) is 0 Å². The molecule has 0 aromatic heterocycles. The van der Waals surface area contributed by atoms with E-state index < -0.39 is 0 Å². The van der Waals surface area contributed by atoms with Gasteiger partial charge in [-0.1, -0.05) is 18.2 Å². The second kappa shape index (κ2) is 5.82. The van der Waals surface area contributed by atoms with Crippen molar-refractivity contribution >= 4 is 5.91 Å². The van der Waals surface area contributed by atoms with Crippen LogP contribution in [-0.4, -0.2) is 5.91 Å². The lowest BCUT2D eigenvalue weighted by Gasteiger charge is -2.05. The van der Waals surface area contributed by atoms with Crippen LogP contribution in [0.2, 0.25) is 0 Å². The molecule has 0 heterocycles. The molecule has 0 unspecified atom stereocenters. The van der Waals surface area contributed by atoms with Crippen molar-refractivity contribution in [3.63, 3.8) is 0 Å². The molecule has 3 nitrogen and oxygen atoms in total. The van der Waals surface area contributed by atoms with Gasteiger partial charge in [-0.3, -0.25) is 10.2 Å². The average molecular weight is 232 g/mol. The molecule has 0 saturated carbocycles. The van der Waals surface area contributed by atoms with Crippen molar-refractivity contribution in [2.24, 2.45) is 5.84 Å². The zero-order valence-electron chi connectivity index (χ0n) is 10.2. The van der Waals surface area contributed by atoms with E-state index in [4.69, 9.17) is 5.84 Å². The first-order chi connectivity index (χ1) is 8.29. The summed E-state index contributed by atoms with van der Waals surface area (Å²) in [5, 5.41) is 0. The normalized spacial score (nSPS) is 13.5. The predicted molar refractivity (Wildman–Crippen MR) is 68.4 cm³/mol. The summed E-state index contributed by atoms with van der Waals surface area (Å²) in [4.78, 5) is 10.9. The first kappa shape index (κ1) is 12.1. The summed E-state index contributed by atoms with van der Waals surface area (Å²) in [6, 6.07) is 6.84. The number of hydrogen-bond donors (Lipinski definition) is 2. The van der Waals surface area contributed by atoms with E-state index in [0.29, 0.717) is 6.42 Å². The third-order valence-corrected chi connectivity index (χ3v) is 3.44. The van der Waals surface area contributed by atoms with Crippen LogP contribution < -0.4 is 11.3 Å². The van der Waals surface area contributed by atoms with Crippen molar-refractivity contribution in [3.8, 4) is 0 Å². The zero-order chi connectivity index (χ0) is 12.1. The smallest absolute Gasteiger partial charge is 0.233 e. The quantitative estimate of drug-likeness (QED) is 0.352. The van der Waals surface area contributed by atoms with Gasteiger partial charge < -0.3 is 0 Å². The Hall–Kier alpha value is -1.35. The van der Waals surface area contributed by atoms with Crippen LogP contribution in [0.4, 0.5) is 0 Å². The molecular weight excluding hydrogens is 212 g/mol. The van der Waals surface area contributed by atoms with Crippen molar-refractivity contribution in [2.75, 3.05) is 0 Å². The number of hydrazine groups is 1. The van der Waals surface area contributed by atoms with Gasteiger partial charge in [0.15, 0.2) is 0 Å². The van der Waals surface area contributed by atoms with Gasteiger partial charge in [-0.2, -0.15) is 0 Å². The summed E-state index contributed by atoms with van der Waals surface area (Å²) in [7, 11) is 0. The molecule has 2 rings (SSSR count). The highest BCUT2D eigenvalue weighted by molar-refractivity contribution is 5.75. The van der Waals surface area contributed by atoms with Gasteiger partial charge >= 0.3 is 0 Å². The third-order valence-electron chi connectivity index (χ3n) is 3.44. The van der Waals surface area contributed by atoms with Crippen LogP contribution in [0.25, 0.3) is 0 Å². The molecule has 17 heavy (non-hydrogen) atoms. The van der Waals surface area contributed by atoms with Crippen LogP contribution in [0.3, 0.4) is 0 Å². The fourth-order valence-electron chi connectivity index (χ4n) is 2.47. The van der Waals surface area contributed by atoms with E-state index in [0.717, 1.165) is 19.3 Å². The highest BCUT2D eigenvalue weighted by Crippen LogP contribution is 2.23. The summed E-state index contributed by atoms with van der Waals surface area (Å²) in [6.07, 6.45) is 7.32. The summed E-state index contributed by atoms with van der Waals surface area (Å²) >= 11 is 0. The number of rotatable bonds is 5. The topological polar surface area (TPSA) is 55.1 Å². The van der Waals surface area contributed by atoms with Gasteiger partial charge in [0.05, 0.1) is 0 Å². The zero-order valence-corrected chi connectivity index (χ0v) is 10.2. The minimum absolute atomic E-state index is 0.0704. The third kappa shape index (κ3) is 3.30. The highest BCUT2D eigenvalue weighted by atomic mass is 16.2. The number of hydrogen-bond acceptors (Lipinski definition) is 2. The van der Waals surface area contributed by atoms with Crippen LogP contribution in [-0.2, 0) is 24.1 Å². The lowest BCUT2D eigenvalue weighted by molar-refractivity contribution is -0.121. The van der Waals surface area contributed by atoms with Crippen LogP contribution in [0.5, 0.6) is 0 Å². The molecule has 0 fully saturated rings. The minimum Gasteiger partial charge on any atom is -0.294 e. The summed E-state index contributed by atoms with van der Waals surface area (Å²) < 4.78 is 0. The van der Waals surface area contributed by atoms with Gasteiger partial charge in [-0.15, -0.1) is 0 Å². The maximum atomic E-state index is 10.9. The van der Waals surface area contributed by atoms with E-state index in [-0.39, 0.29) is 5.91 Å². The second-order valence-corrected chi connectivity index (χ2v) is 4.73. The number of nitrogens with two attached hydrogens (primary N) is 1. The Morgan fingerprint density at radius 3 is 2.88 bits per heavy atom. The Bertz CT molecular complexity index is 401. The number of nitrogens with one attached hydrogen (secondary N) is 1. The molecule has 1 aliphatic carbocycles. The average Bonchev–Trinajstić information content (AvgIpc) is 2.81. The van der Waals surface area contributed by atoms with E-state index in [1.54, 1.807) is 0 Å². The monoisotopic (exact) mass is 232 g/mol. The Kier molecular flexibility index (Phi) is 4.15. The molecule has 3 heteroatoms. The van der Waals surface area contributed by atoms with E-state index in [1.165, 1.54) is 36.0 Å². The van der Waals surface area contributed by atoms with Crippen LogP contribution in [0.15, 0.2) is 18.2 Å². The maximum Gasteiger partial charge on any atom is 0.233 e. The van der Waals surface area contributed by atoms with E-state index in [2.05, 4.69) is 23.6 Å². The maximum absolute atomic E-state index is 10.9. The Labute approximate surface area is 102 Å². The minimum atomic E-state index is -0.0704. The first-order valence-corrected chi connectivity index (χ1v) is 6.40. The summed E-state index contributed by atoms with van der Waals surface area (Å²) in [6.45, 7) is 0. The molecule has 1 aromatic carbocycles. The number of benzene rings is 1. The number of fused-ring (bicyclic) bond motifs is 1. The van der Waals surface area contributed by atoms with Gasteiger partial charge in [0, 0.05) is 6.42 Å². The predicted octanol–water partition coefficient (Wildman–Crippen LogP) is 1.88. The lowest BCUT2D eigenvalue weighted by atomic mass is 10.0. The number of carbonyl (C=O) groups is 1. The second-order valence-electron chi connectivity index (χ2n) is 4.73. The van der Waals surface area contributed by atoms with E-state index >= 15 is 0 Å². The molecule has 0 bridgehead atoms. The van der Waals surface area contributed by atoms with Gasteiger partial charge in [-0.05, 0) is 55.2 Å². The van der Waals surface area contributed by atoms with Gasteiger partial charge in [0.25, 0.3) is 0 Å². The van der Waals surface area contributed by atoms with Crippen molar-refractivity contribution in [2.45, 2.75) is 44.9 Å². The lowest BCUT2D eigenvalue weighted by Crippen LogP contribution is -2.29. The Balaban J connectivity index is 1.78. The molecule has 1 aromatic rings. The SMILES string of the molecule is NNC(=O)CCCCc1ccc2c(c1)CCC2. The number of unbranched alkanes of at least 4 members (excludes halogenated alkanes) is 1. The van der Waals surface area contributed by atoms with Crippen molar-refractivity contribution < 1.29 is 4.79 Å². The molecule has 3 N–H and O–H groups in total. The van der Waals surface area contributed by atoms with Crippen molar-refractivity contribution in [1.82, 2.24) is 5.43 Å². The summed E-state index contributed by atoms with van der Waals surface area (Å²) in [5.74, 6) is 4.96. The number of aryl methyl sites for hydroxylation is 3. The summed E-state index contributed by atoms with van der Waals surface area (Å²) in [5.41, 5.74) is 6.61. The van der Waals surface area contributed by atoms with Crippen LogP contribution >= 0.6 is 0 Å². The molecule has 1 aliphatic rings. The van der Waals surface area contributed by atoms with Crippen LogP contribution in [0.1, 0.15) is 42.4 Å². The van der Waals surface area contributed by atoms with Gasteiger partial charge in [0.2, 0.25) is 5.91 Å². The highest BCUT2D eigenvalue weighted by Gasteiger charge is 2.10. The fourth-order valence-corrected chi connectivity index (χ4v) is 2.47. The van der Waals surface area contributed by atoms with E-state index in [9.17, 15) is 4.79 Å². The first-order valence-electron chi connectivity index (χ1n) is 6.40. The molecule has 0 atom stereocenters. The molecule has 0 radical (unpaired) electrons. The van der Waals surface area contributed by atoms with Gasteiger partial charge in [-0.25, -0.2) is 5.84 Å². The Morgan fingerprint density at radius 2 is 2.06 bits per heavy atom. The number of amides is 1. The molecule has 0 saturated heterocycles. The van der Waals surface area contributed by atoms with Crippen molar-refractivity contribution in [1.29, 1.82) is 0 Å². The molecule has 0 spiro atoms.